The van der Waals surface area contributed by atoms with E-state index in [0.717, 1.165) is 74.2 Å². The average Bonchev–Trinajstić information content (AvgIpc) is 3.67. The average molecular weight is 531 g/mol. The quantitative estimate of drug-likeness (QED) is 0.288. The second-order valence-corrected chi connectivity index (χ2v) is 11.0. The first kappa shape index (κ1) is 25.9. The lowest BCUT2D eigenvalue weighted by atomic mass is 9.91. The van der Waals surface area contributed by atoms with Gasteiger partial charge in [-0.2, -0.15) is 5.26 Å². The van der Waals surface area contributed by atoms with Gasteiger partial charge in [0.1, 0.15) is 5.69 Å². The Morgan fingerprint density at radius 2 is 1.75 bits per heavy atom. The van der Waals surface area contributed by atoms with E-state index in [9.17, 15) is 15.2 Å². The van der Waals surface area contributed by atoms with Crippen LogP contribution in [0, 0.1) is 17.2 Å². The molecule has 0 radical (unpaired) electrons. The summed E-state index contributed by atoms with van der Waals surface area (Å²) in [5.41, 5.74) is 6.97. The topological polar surface area (TPSA) is 81.3 Å². The van der Waals surface area contributed by atoms with E-state index in [4.69, 9.17) is 0 Å². The lowest BCUT2D eigenvalue weighted by Gasteiger charge is -2.23. The summed E-state index contributed by atoms with van der Waals surface area (Å²) in [4.78, 5) is 16.2. The van der Waals surface area contributed by atoms with Crippen LogP contribution in [0.15, 0.2) is 89.9 Å². The molecule has 1 aliphatic carbocycles. The molecule has 2 unspecified atom stereocenters. The van der Waals surface area contributed by atoms with Crippen LogP contribution in [0.2, 0.25) is 0 Å². The molecule has 3 aromatic carbocycles. The first-order chi connectivity index (χ1) is 19.6. The third kappa shape index (κ3) is 5.38. The van der Waals surface area contributed by atoms with E-state index in [-0.39, 0.29) is 11.7 Å². The van der Waals surface area contributed by atoms with Crippen LogP contribution >= 0.6 is 0 Å². The Bertz CT molecular complexity index is 1600. The number of pyridine rings is 1. The van der Waals surface area contributed by atoms with Crippen LogP contribution in [0.3, 0.4) is 0 Å². The molecule has 6 nitrogen and oxygen atoms in total. The number of benzene rings is 3. The molecular weight excluding hydrogens is 496 g/mol. The summed E-state index contributed by atoms with van der Waals surface area (Å²) in [6.07, 6.45) is 7.72. The molecule has 2 aliphatic rings. The highest BCUT2D eigenvalue weighted by Crippen LogP contribution is 2.33. The van der Waals surface area contributed by atoms with Crippen LogP contribution in [0.1, 0.15) is 43.2 Å². The van der Waals surface area contributed by atoms with Gasteiger partial charge in [-0.05, 0) is 97.5 Å². The van der Waals surface area contributed by atoms with E-state index in [1.54, 1.807) is 16.7 Å². The van der Waals surface area contributed by atoms with Crippen molar-refractivity contribution < 1.29 is 5.11 Å². The first-order valence-corrected chi connectivity index (χ1v) is 14.2. The summed E-state index contributed by atoms with van der Waals surface area (Å²) in [6, 6.07) is 28.1. The Morgan fingerprint density at radius 3 is 2.50 bits per heavy atom. The van der Waals surface area contributed by atoms with Crippen LogP contribution in [-0.4, -0.2) is 28.9 Å². The smallest absolute Gasteiger partial charge is 0.280 e. The van der Waals surface area contributed by atoms with Crippen molar-refractivity contribution >= 4 is 17.1 Å². The van der Waals surface area contributed by atoms with E-state index in [1.165, 1.54) is 11.1 Å². The summed E-state index contributed by atoms with van der Waals surface area (Å²) in [7, 11) is 0. The van der Waals surface area contributed by atoms with Crippen molar-refractivity contribution in [3.63, 3.8) is 0 Å². The molecule has 40 heavy (non-hydrogen) atoms. The van der Waals surface area contributed by atoms with E-state index in [1.807, 2.05) is 36.5 Å². The number of anilines is 3. The molecule has 2 N–H and O–H groups in total. The van der Waals surface area contributed by atoms with Crippen LogP contribution in [0.4, 0.5) is 17.1 Å². The molecule has 1 saturated heterocycles. The monoisotopic (exact) mass is 530 g/mol. The van der Waals surface area contributed by atoms with Crippen molar-refractivity contribution in [1.29, 1.82) is 5.26 Å². The summed E-state index contributed by atoms with van der Waals surface area (Å²) >= 11 is 0. The van der Waals surface area contributed by atoms with Crippen LogP contribution in [-0.2, 0) is 6.42 Å². The minimum absolute atomic E-state index is 0.125. The van der Waals surface area contributed by atoms with Gasteiger partial charge in [0.25, 0.3) is 5.56 Å². The van der Waals surface area contributed by atoms with E-state index in [2.05, 4.69) is 52.7 Å². The van der Waals surface area contributed by atoms with Crippen molar-refractivity contribution in [1.82, 2.24) is 4.57 Å². The SMILES string of the molecule is N#Cc1cccc(Nc2c(N3CCCC3)ccn(-c3ccc(-c4ccccc4CC4CCC(O)C4)cc3)c2=O)c1. The van der Waals surface area contributed by atoms with Crippen LogP contribution < -0.4 is 15.8 Å². The first-order valence-electron chi connectivity index (χ1n) is 14.2. The lowest BCUT2D eigenvalue weighted by Crippen LogP contribution is -2.26. The van der Waals surface area contributed by atoms with Gasteiger partial charge in [0.15, 0.2) is 0 Å². The molecule has 2 fully saturated rings. The van der Waals surface area contributed by atoms with Gasteiger partial charge in [0.05, 0.1) is 23.4 Å². The number of aromatic nitrogens is 1. The van der Waals surface area contributed by atoms with Gasteiger partial charge < -0.3 is 15.3 Å². The predicted octanol–water partition coefficient (Wildman–Crippen LogP) is 6.42. The number of hydrogen-bond donors (Lipinski definition) is 2. The summed E-state index contributed by atoms with van der Waals surface area (Å²) in [6.45, 7) is 1.84. The highest BCUT2D eigenvalue weighted by atomic mass is 16.3. The second-order valence-electron chi connectivity index (χ2n) is 11.0. The maximum atomic E-state index is 13.9. The molecule has 0 spiro atoms. The standard InChI is InChI=1S/C34H34N4O2/c35-23-25-6-5-8-28(21-25)36-33-32(37-17-3-4-18-37)16-19-38(34(33)40)29-13-11-26(12-14-29)31-9-2-1-7-27(31)20-24-10-15-30(39)22-24/h1-2,5-9,11-14,16,19,21,24,30,36,39H,3-4,10,15,17-18,20,22H2. The Labute approximate surface area is 235 Å². The summed E-state index contributed by atoms with van der Waals surface area (Å²) in [5, 5.41) is 22.7. The number of nitriles is 1. The van der Waals surface area contributed by atoms with Crippen molar-refractivity contribution in [3.8, 4) is 22.9 Å². The zero-order chi connectivity index (χ0) is 27.5. The van der Waals surface area contributed by atoms with Crippen LogP contribution in [0.25, 0.3) is 16.8 Å². The Morgan fingerprint density at radius 1 is 0.950 bits per heavy atom. The minimum Gasteiger partial charge on any atom is -0.393 e. The van der Waals surface area contributed by atoms with Crippen molar-refractivity contribution in [2.24, 2.45) is 5.92 Å². The maximum Gasteiger partial charge on any atom is 0.280 e. The van der Waals surface area contributed by atoms with E-state index < -0.39 is 0 Å². The molecule has 6 rings (SSSR count). The van der Waals surface area contributed by atoms with Gasteiger partial charge in [0.2, 0.25) is 0 Å². The molecule has 1 aliphatic heterocycles. The fourth-order valence-electron chi connectivity index (χ4n) is 6.21. The van der Waals surface area contributed by atoms with Gasteiger partial charge in [-0.3, -0.25) is 9.36 Å². The Hall–Kier alpha value is -4.34. The molecule has 0 amide bonds. The lowest BCUT2D eigenvalue weighted by molar-refractivity contribution is 0.177. The van der Waals surface area contributed by atoms with Crippen molar-refractivity contribution in [3.05, 3.63) is 107 Å². The maximum absolute atomic E-state index is 13.9. The molecule has 2 atom stereocenters. The second kappa shape index (κ2) is 11.4. The van der Waals surface area contributed by atoms with Gasteiger partial charge in [-0.1, -0.05) is 42.5 Å². The van der Waals surface area contributed by atoms with Gasteiger partial charge >= 0.3 is 0 Å². The number of rotatable bonds is 7. The molecule has 6 heteroatoms. The number of aliphatic hydroxyl groups is 1. The van der Waals surface area contributed by atoms with Crippen molar-refractivity contribution in [2.45, 2.75) is 44.6 Å². The van der Waals surface area contributed by atoms with E-state index in [0.29, 0.717) is 17.2 Å². The molecule has 1 aromatic heterocycles. The molecule has 0 bridgehead atoms. The summed E-state index contributed by atoms with van der Waals surface area (Å²) < 4.78 is 1.69. The highest BCUT2D eigenvalue weighted by molar-refractivity contribution is 5.76. The van der Waals surface area contributed by atoms with Gasteiger partial charge in [-0.15, -0.1) is 0 Å². The molecule has 1 saturated carbocycles. The number of nitrogens with zero attached hydrogens (tertiary/aromatic N) is 3. The number of aliphatic hydroxyl groups excluding tert-OH is 1. The largest absolute Gasteiger partial charge is 0.393 e. The molecule has 4 aromatic rings. The predicted molar refractivity (Wildman–Crippen MR) is 160 cm³/mol. The van der Waals surface area contributed by atoms with E-state index >= 15 is 0 Å². The Kier molecular flexibility index (Phi) is 7.39. The molecule has 202 valence electrons. The zero-order valence-corrected chi connectivity index (χ0v) is 22.6. The van der Waals surface area contributed by atoms with Gasteiger partial charge in [0, 0.05) is 30.7 Å². The zero-order valence-electron chi connectivity index (χ0n) is 22.6. The minimum atomic E-state index is -0.165. The fraction of sp³-hybridized carbons (Fsp3) is 0.294. The van der Waals surface area contributed by atoms with Crippen LogP contribution in [0.5, 0.6) is 0 Å². The number of hydrogen-bond acceptors (Lipinski definition) is 5. The molecular formula is C34H34N4O2. The van der Waals surface area contributed by atoms with Gasteiger partial charge in [-0.25, -0.2) is 0 Å². The van der Waals surface area contributed by atoms with Crippen molar-refractivity contribution in [2.75, 3.05) is 23.3 Å². The fourth-order valence-corrected chi connectivity index (χ4v) is 6.21. The summed E-state index contributed by atoms with van der Waals surface area (Å²) in [5.74, 6) is 0.517. The third-order valence-electron chi connectivity index (χ3n) is 8.27. The third-order valence-corrected chi connectivity index (χ3v) is 8.27. The normalized spacial score (nSPS) is 18.6. The Balaban J connectivity index is 1.32. The number of nitrogens with one attached hydrogen (secondary N) is 1. The molecule has 2 heterocycles. The highest BCUT2D eigenvalue weighted by Gasteiger charge is 2.24.